The average molecular weight is 372 g/mol. The molecule has 0 atom stereocenters. The summed E-state index contributed by atoms with van der Waals surface area (Å²) in [4.78, 5) is 0. The minimum Gasteiger partial charge on any atom is -0.309 e. The van der Waals surface area contributed by atoms with Crippen LogP contribution in [0.15, 0.2) is 109 Å². The Morgan fingerprint density at radius 3 is 1.52 bits per heavy atom. The van der Waals surface area contributed by atoms with E-state index in [0.29, 0.717) is 16.4 Å². The molecule has 0 bridgehead atoms. The molecule has 0 aliphatic rings. The maximum Gasteiger partial charge on any atom is 0.171 e. The van der Waals surface area contributed by atoms with Crippen molar-refractivity contribution in [3.05, 3.63) is 115 Å². The lowest BCUT2D eigenvalue weighted by Crippen LogP contribution is -2.26. The maximum absolute atomic E-state index is 14.6. The standard InChI is InChI=1S/C24H18FOP/c25-23-17-9-7-15-21(23)22-16-8-10-18-24(22)27(26,19-11-3-1-4-12-19)20-13-5-2-6-14-20/h1-18H. The van der Waals surface area contributed by atoms with Crippen molar-refractivity contribution in [1.82, 2.24) is 0 Å². The van der Waals surface area contributed by atoms with E-state index >= 15 is 0 Å². The molecule has 0 saturated carbocycles. The topological polar surface area (TPSA) is 17.1 Å². The van der Waals surface area contributed by atoms with E-state index in [-0.39, 0.29) is 5.82 Å². The third kappa shape index (κ3) is 3.13. The normalized spacial score (nSPS) is 11.3. The molecule has 0 aliphatic heterocycles. The lowest BCUT2D eigenvalue weighted by Gasteiger charge is -2.23. The third-order valence-corrected chi connectivity index (χ3v) is 7.77. The molecule has 0 amide bonds. The van der Waals surface area contributed by atoms with Crippen LogP contribution in [0.4, 0.5) is 4.39 Å². The highest BCUT2D eigenvalue weighted by atomic mass is 31.2. The van der Waals surface area contributed by atoms with E-state index < -0.39 is 7.14 Å². The second-order valence-electron chi connectivity index (χ2n) is 6.28. The van der Waals surface area contributed by atoms with Gasteiger partial charge >= 0.3 is 0 Å². The van der Waals surface area contributed by atoms with Crippen molar-refractivity contribution in [2.24, 2.45) is 0 Å². The number of rotatable bonds is 4. The molecule has 0 heterocycles. The van der Waals surface area contributed by atoms with Gasteiger partial charge in [0, 0.05) is 21.5 Å². The monoisotopic (exact) mass is 372 g/mol. The Morgan fingerprint density at radius 2 is 0.963 bits per heavy atom. The molecule has 0 fully saturated rings. The van der Waals surface area contributed by atoms with Crippen molar-refractivity contribution >= 4 is 23.1 Å². The fourth-order valence-electron chi connectivity index (χ4n) is 3.36. The summed E-state index contributed by atoms with van der Waals surface area (Å²) in [5, 5.41) is 2.12. The van der Waals surface area contributed by atoms with E-state index in [9.17, 15) is 8.96 Å². The summed E-state index contributed by atoms with van der Waals surface area (Å²) >= 11 is 0. The Morgan fingerprint density at radius 1 is 0.519 bits per heavy atom. The maximum atomic E-state index is 14.6. The number of hydrogen-bond acceptors (Lipinski definition) is 1. The predicted octanol–water partition coefficient (Wildman–Crippen LogP) is 5.13. The number of hydrogen-bond donors (Lipinski definition) is 0. The van der Waals surface area contributed by atoms with Gasteiger partial charge in [-0.2, -0.15) is 0 Å². The molecule has 132 valence electrons. The summed E-state index contributed by atoms with van der Waals surface area (Å²) in [6.45, 7) is 0. The Kier molecular flexibility index (Phi) is 4.75. The molecule has 0 aliphatic carbocycles. The minimum absolute atomic E-state index is 0.322. The average Bonchev–Trinajstić information content (AvgIpc) is 2.75. The molecule has 4 rings (SSSR count). The largest absolute Gasteiger partial charge is 0.309 e. The fourth-order valence-corrected chi connectivity index (χ4v) is 6.23. The zero-order valence-corrected chi connectivity index (χ0v) is 15.5. The molecule has 4 aromatic rings. The van der Waals surface area contributed by atoms with E-state index in [0.717, 1.165) is 10.6 Å². The van der Waals surface area contributed by atoms with Gasteiger partial charge in [0.25, 0.3) is 0 Å². The second kappa shape index (κ2) is 7.34. The van der Waals surface area contributed by atoms with Crippen LogP contribution >= 0.6 is 7.14 Å². The van der Waals surface area contributed by atoms with Crippen LogP contribution in [0.25, 0.3) is 11.1 Å². The lowest BCUT2D eigenvalue weighted by molar-refractivity contribution is 0.592. The molecule has 3 heteroatoms. The van der Waals surface area contributed by atoms with Gasteiger partial charge < -0.3 is 4.57 Å². The van der Waals surface area contributed by atoms with Crippen LogP contribution in [0.1, 0.15) is 0 Å². The van der Waals surface area contributed by atoms with Gasteiger partial charge in [-0.25, -0.2) is 4.39 Å². The van der Waals surface area contributed by atoms with Crippen molar-refractivity contribution in [2.75, 3.05) is 0 Å². The molecule has 0 N–H and O–H groups in total. The van der Waals surface area contributed by atoms with Gasteiger partial charge in [-0.3, -0.25) is 0 Å². The summed E-state index contributed by atoms with van der Waals surface area (Å²) in [6.07, 6.45) is 0. The van der Waals surface area contributed by atoms with Crippen molar-refractivity contribution in [3.8, 4) is 11.1 Å². The Bertz CT molecular complexity index is 1060. The van der Waals surface area contributed by atoms with Crippen molar-refractivity contribution < 1.29 is 8.96 Å². The Labute approximate surface area is 158 Å². The zero-order chi connectivity index (χ0) is 18.7. The summed E-state index contributed by atoms with van der Waals surface area (Å²) in [7, 11) is -3.17. The lowest BCUT2D eigenvalue weighted by atomic mass is 10.1. The quantitative estimate of drug-likeness (QED) is 0.454. The van der Waals surface area contributed by atoms with Gasteiger partial charge in [-0.05, 0) is 11.6 Å². The van der Waals surface area contributed by atoms with Gasteiger partial charge in [0.1, 0.15) is 5.82 Å². The van der Waals surface area contributed by atoms with E-state index in [1.165, 1.54) is 6.07 Å². The number of benzene rings is 4. The van der Waals surface area contributed by atoms with Crippen molar-refractivity contribution in [1.29, 1.82) is 0 Å². The van der Waals surface area contributed by atoms with E-state index in [1.807, 2.05) is 84.9 Å². The first kappa shape index (κ1) is 17.5. The fraction of sp³-hybridized carbons (Fsp3) is 0. The zero-order valence-electron chi connectivity index (χ0n) is 14.6. The molecular formula is C24H18FOP. The molecule has 27 heavy (non-hydrogen) atoms. The van der Waals surface area contributed by atoms with Crippen LogP contribution in [-0.2, 0) is 4.57 Å². The van der Waals surface area contributed by atoms with Crippen LogP contribution in [0.5, 0.6) is 0 Å². The Hall–Kier alpha value is -2.96. The van der Waals surface area contributed by atoms with Gasteiger partial charge in [0.05, 0.1) is 0 Å². The molecular weight excluding hydrogens is 354 g/mol. The smallest absolute Gasteiger partial charge is 0.171 e. The molecule has 0 aromatic heterocycles. The molecule has 0 unspecified atom stereocenters. The highest BCUT2D eigenvalue weighted by Gasteiger charge is 2.32. The number of halogens is 1. The molecule has 1 nitrogen and oxygen atoms in total. The first-order valence-electron chi connectivity index (χ1n) is 8.77. The van der Waals surface area contributed by atoms with Crippen LogP contribution in [0.2, 0.25) is 0 Å². The summed E-state index contributed by atoms with van der Waals surface area (Å²) in [5.41, 5.74) is 1.12. The van der Waals surface area contributed by atoms with E-state index in [1.54, 1.807) is 18.2 Å². The van der Waals surface area contributed by atoms with Crippen LogP contribution in [0.3, 0.4) is 0 Å². The van der Waals surface area contributed by atoms with E-state index in [4.69, 9.17) is 0 Å². The third-order valence-electron chi connectivity index (χ3n) is 4.65. The second-order valence-corrected chi connectivity index (χ2v) is 9.01. The van der Waals surface area contributed by atoms with Crippen molar-refractivity contribution in [3.63, 3.8) is 0 Å². The Balaban J connectivity index is 2.05. The van der Waals surface area contributed by atoms with Gasteiger partial charge in [-0.15, -0.1) is 0 Å². The van der Waals surface area contributed by atoms with E-state index in [2.05, 4.69) is 0 Å². The van der Waals surface area contributed by atoms with Gasteiger partial charge in [0.15, 0.2) is 7.14 Å². The highest BCUT2D eigenvalue weighted by molar-refractivity contribution is 7.85. The SMILES string of the molecule is O=P(c1ccccc1)(c1ccccc1)c1ccccc1-c1ccccc1F. The van der Waals surface area contributed by atoms with Crippen molar-refractivity contribution in [2.45, 2.75) is 0 Å². The summed E-state index contributed by atoms with van der Waals surface area (Å²) in [5.74, 6) is -0.322. The minimum atomic E-state index is -3.17. The van der Waals surface area contributed by atoms with Gasteiger partial charge in [0.2, 0.25) is 0 Å². The molecule has 4 aromatic carbocycles. The molecule has 0 radical (unpaired) electrons. The highest BCUT2D eigenvalue weighted by Crippen LogP contribution is 2.45. The molecule has 0 spiro atoms. The van der Waals surface area contributed by atoms with Gasteiger partial charge in [-0.1, -0.05) is 103 Å². The van der Waals surface area contributed by atoms with Crippen LogP contribution < -0.4 is 15.9 Å². The van der Waals surface area contributed by atoms with Crippen LogP contribution in [-0.4, -0.2) is 0 Å². The predicted molar refractivity (Wildman–Crippen MR) is 111 cm³/mol. The summed E-state index contributed by atoms with van der Waals surface area (Å²) in [6, 6.07) is 32.9. The first-order valence-corrected chi connectivity index (χ1v) is 10.5. The summed E-state index contributed by atoms with van der Waals surface area (Å²) < 4.78 is 29.2. The first-order chi connectivity index (χ1) is 13.2. The van der Waals surface area contributed by atoms with Crippen LogP contribution in [0, 0.1) is 5.82 Å². The molecule has 0 saturated heterocycles.